The molecule has 0 spiro atoms. The molecule has 20 heavy (non-hydrogen) atoms. The van der Waals surface area contributed by atoms with E-state index in [1.165, 1.54) is 17.8 Å². The van der Waals surface area contributed by atoms with Crippen molar-refractivity contribution in [3.05, 3.63) is 23.8 Å². The molecule has 1 atom stereocenters. The molecule has 1 rings (SSSR count). The number of halogens is 3. The zero-order valence-corrected chi connectivity index (χ0v) is 12.2. The Morgan fingerprint density at radius 3 is 2.35 bits per heavy atom. The molecule has 1 aromatic rings. The van der Waals surface area contributed by atoms with Gasteiger partial charge in [-0.1, -0.05) is 13.8 Å². The van der Waals surface area contributed by atoms with E-state index in [9.17, 15) is 18.0 Å². The van der Waals surface area contributed by atoms with Crippen LogP contribution in [-0.4, -0.2) is 16.4 Å². The first kappa shape index (κ1) is 16.7. The molecule has 0 aromatic heterocycles. The Balaban J connectivity index is 2.81. The minimum absolute atomic E-state index is 0.102. The van der Waals surface area contributed by atoms with Crippen LogP contribution in [0.5, 0.6) is 0 Å². The van der Waals surface area contributed by atoms with Gasteiger partial charge in [-0.2, -0.15) is 13.2 Å². The molecule has 1 amide bonds. The van der Waals surface area contributed by atoms with Gasteiger partial charge in [-0.15, -0.1) is 11.8 Å². The number of nitrogen functional groups attached to an aromatic ring is 1. The van der Waals surface area contributed by atoms with Gasteiger partial charge in [0.2, 0.25) is 5.91 Å². The van der Waals surface area contributed by atoms with Crippen LogP contribution in [0, 0.1) is 0 Å². The van der Waals surface area contributed by atoms with Crippen LogP contribution >= 0.6 is 11.8 Å². The smallest absolute Gasteiger partial charge is 0.397 e. The molecule has 1 aromatic carbocycles. The normalized spacial score (nSPS) is 13.3. The van der Waals surface area contributed by atoms with Gasteiger partial charge in [0.1, 0.15) is 0 Å². The SMILES string of the molecule is CC(C)SC(C)C(=O)Nc1ccc(C(F)(F)F)cc1N. The van der Waals surface area contributed by atoms with E-state index >= 15 is 0 Å². The van der Waals surface area contributed by atoms with Gasteiger partial charge in [-0.25, -0.2) is 0 Å². The number of hydrogen-bond donors (Lipinski definition) is 2. The lowest BCUT2D eigenvalue weighted by Crippen LogP contribution is -2.24. The lowest BCUT2D eigenvalue weighted by atomic mass is 10.1. The average molecular weight is 306 g/mol. The molecule has 0 aliphatic heterocycles. The molecular weight excluding hydrogens is 289 g/mol. The standard InChI is InChI=1S/C13H17F3N2OS/c1-7(2)20-8(3)12(19)18-11-5-4-9(6-10(11)17)13(14,15)16/h4-8H,17H2,1-3H3,(H,18,19). The maximum atomic E-state index is 12.5. The summed E-state index contributed by atoms with van der Waals surface area (Å²) in [4.78, 5) is 11.9. The van der Waals surface area contributed by atoms with Crippen LogP contribution < -0.4 is 11.1 Å². The Bertz CT molecular complexity index is 489. The third kappa shape index (κ3) is 4.63. The maximum absolute atomic E-state index is 12.5. The van der Waals surface area contributed by atoms with Crippen molar-refractivity contribution >= 4 is 29.0 Å². The minimum atomic E-state index is -4.45. The van der Waals surface area contributed by atoms with Gasteiger partial charge in [0, 0.05) is 0 Å². The second-order valence-electron chi connectivity index (χ2n) is 4.62. The number of nitrogens with one attached hydrogen (secondary N) is 1. The Morgan fingerprint density at radius 1 is 1.30 bits per heavy atom. The summed E-state index contributed by atoms with van der Waals surface area (Å²) in [6, 6.07) is 2.88. The van der Waals surface area contributed by atoms with Gasteiger partial charge in [-0.05, 0) is 30.4 Å². The highest BCUT2D eigenvalue weighted by molar-refractivity contribution is 8.01. The van der Waals surface area contributed by atoms with Crippen molar-refractivity contribution in [1.29, 1.82) is 0 Å². The largest absolute Gasteiger partial charge is 0.416 e. The molecule has 7 heteroatoms. The molecule has 0 fully saturated rings. The molecule has 0 bridgehead atoms. The van der Waals surface area contributed by atoms with Gasteiger partial charge in [0.15, 0.2) is 0 Å². The predicted octanol–water partition coefficient (Wildman–Crippen LogP) is 3.76. The van der Waals surface area contributed by atoms with Crippen molar-refractivity contribution < 1.29 is 18.0 Å². The first-order valence-electron chi connectivity index (χ1n) is 6.04. The first-order chi connectivity index (χ1) is 9.11. The summed E-state index contributed by atoms with van der Waals surface area (Å²) in [6.07, 6.45) is -4.45. The highest BCUT2D eigenvalue weighted by Gasteiger charge is 2.31. The molecule has 0 radical (unpaired) electrons. The van der Waals surface area contributed by atoms with Crippen molar-refractivity contribution in [3.8, 4) is 0 Å². The first-order valence-corrected chi connectivity index (χ1v) is 6.98. The maximum Gasteiger partial charge on any atom is 0.416 e. The van der Waals surface area contributed by atoms with Crippen molar-refractivity contribution in [2.24, 2.45) is 0 Å². The van der Waals surface area contributed by atoms with Gasteiger partial charge in [0.25, 0.3) is 0 Å². The Morgan fingerprint density at radius 2 is 1.90 bits per heavy atom. The zero-order valence-electron chi connectivity index (χ0n) is 11.4. The lowest BCUT2D eigenvalue weighted by Gasteiger charge is -2.16. The number of nitrogens with two attached hydrogens (primary N) is 1. The number of carbonyl (C=O) groups excluding carboxylic acids is 1. The van der Waals surface area contributed by atoms with Crippen molar-refractivity contribution in [2.45, 2.75) is 37.4 Å². The summed E-state index contributed by atoms with van der Waals surface area (Å²) in [5.41, 5.74) is 4.80. The third-order valence-electron chi connectivity index (χ3n) is 2.48. The number of alkyl halides is 3. The van der Waals surface area contributed by atoms with Crippen LogP contribution in [0.4, 0.5) is 24.5 Å². The minimum Gasteiger partial charge on any atom is -0.397 e. The quantitative estimate of drug-likeness (QED) is 0.833. The average Bonchev–Trinajstić information content (AvgIpc) is 2.29. The summed E-state index contributed by atoms with van der Waals surface area (Å²) in [6.45, 7) is 5.65. The van der Waals surface area contributed by atoms with Crippen LogP contribution in [0.15, 0.2) is 18.2 Å². The predicted molar refractivity (Wildman–Crippen MR) is 76.7 cm³/mol. The van der Waals surface area contributed by atoms with Crippen LogP contribution in [0.25, 0.3) is 0 Å². The molecule has 0 saturated carbocycles. The van der Waals surface area contributed by atoms with Crippen LogP contribution in [0.2, 0.25) is 0 Å². The molecule has 1 unspecified atom stereocenters. The monoisotopic (exact) mass is 306 g/mol. The van der Waals surface area contributed by atoms with E-state index in [1.807, 2.05) is 13.8 Å². The topological polar surface area (TPSA) is 55.1 Å². The number of thioether (sulfide) groups is 1. The van der Waals surface area contributed by atoms with Gasteiger partial charge in [0.05, 0.1) is 22.2 Å². The van der Waals surface area contributed by atoms with E-state index in [4.69, 9.17) is 5.73 Å². The number of benzene rings is 1. The molecule has 112 valence electrons. The van der Waals surface area contributed by atoms with Crippen LogP contribution in [-0.2, 0) is 11.0 Å². The van der Waals surface area contributed by atoms with E-state index in [0.717, 1.165) is 12.1 Å². The Kier molecular flexibility index (Phi) is 5.33. The number of hydrogen-bond acceptors (Lipinski definition) is 3. The molecule has 0 saturated heterocycles. The number of carbonyl (C=O) groups is 1. The van der Waals surface area contributed by atoms with Crippen LogP contribution in [0.1, 0.15) is 26.3 Å². The number of anilines is 2. The molecule has 3 nitrogen and oxygen atoms in total. The highest BCUT2D eigenvalue weighted by atomic mass is 32.2. The molecular formula is C13H17F3N2OS. The van der Waals surface area contributed by atoms with Gasteiger partial charge >= 0.3 is 6.18 Å². The summed E-state index contributed by atoms with van der Waals surface area (Å²) in [7, 11) is 0. The molecule has 0 aliphatic rings. The van der Waals surface area contributed by atoms with E-state index < -0.39 is 11.7 Å². The van der Waals surface area contributed by atoms with Gasteiger partial charge in [-0.3, -0.25) is 4.79 Å². The second-order valence-corrected chi connectivity index (χ2v) is 6.54. The van der Waals surface area contributed by atoms with E-state index in [1.54, 1.807) is 6.92 Å². The summed E-state index contributed by atoms with van der Waals surface area (Å²) in [5.74, 6) is -0.282. The van der Waals surface area contributed by atoms with E-state index in [0.29, 0.717) is 0 Å². The summed E-state index contributed by atoms with van der Waals surface area (Å²) < 4.78 is 37.5. The van der Waals surface area contributed by atoms with E-state index in [2.05, 4.69) is 5.32 Å². The Labute approximate surface area is 120 Å². The third-order valence-corrected chi connectivity index (χ3v) is 3.65. The second kappa shape index (κ2) is 6.39. The lowest BCUT2D eigenvalue weighted by molar-refractivity contribution is -0.137. The molecule has 3 N–H and O–H groups in total. The summed E-state index contributed by atoms with van der Waals surface area (Å²) in [5, 5.41) is 2.51. The fourth-order valence-corrected chi connectivity index (χ4v) is 2.56. The fraction of sp³-hybridized carbons (Fsp3) is 0.462. The van der Waals surface area contributed by atoms with Crippen molar-refractivity contribution in [2.75, 3.05) is 11.1 Å². The molecule has 0 aliphatic carbocycles. The number of amides is 1. The summed E-state index contributed by atoms with van der Waals surface area (Å²) >= 11 is 1.46. The zero-order chi connectivity index (χ0) is 15.5. The number of rotatable bonds is 4. The Hall–Kier alpha value is -1.37. The fourth-order valence-electron chi connectivity index (χ4n) is 1.56. The van der Waals surface area contributed by atoms with Gasteiger partial charge < -0.3 is 11.1 Å². The van der Waals surface area contributed by atoms with Crippen molar-refractivity contribution in [1.82, 2.24) is 0 Å². The van der Waals surface area contributed by atoms with Crippen molar-refractivity contribution in [3.63, 3.8) is 0 Å². The van der Waals surface area contributed by atoms with E-state index in [-0.39, 0.29) is 27.8 Å². The molecule has 0 heterocycles. The van der Waals surface area contributed by atoms with Crippen LogP contribution in [0.3, 0.4) is 0 Å². The highest BCUT2D eigenvalue weighted by Crippen LogP contribution is 2.33.